The van der Waals surface area contributed by atoms with E-state index >= 15 is 0 Å². The lowest BCUT2D eigenvalue weighted by molar-refractivity contribution is 0.0462. The Labute approximate surface area is 142 Å². The third kappa shape index (κ3) is 2.09. The molecule has 24 heavy (non-hydrogen) atoms. The highest BCUT2D eigenvalue weighted by molar-refractivity contribution is 6.25. The number of rotatable bonds is 3. The van der Waals surface area contributed by atoms with Crippen LogP contribution in [0, 0.1) is 0 Å². The van der Waals surface area contributed by atoms with Crippen molar-refractivity contribution >= 4 is 22.6 Å². The van der Waals surface area contributed by atoms with E-state index in [0.29, 0.717) is 17.7 Å². The van der Waals surface area contributed by atoms with Crippen molar-refractivity contribution in [2.75, 3.05) is 20.6 Å². The van der Waals surface area contributed by atoms with Crippen molar-refractivity contribution in [3.63, 3.8) is 0 Å². The molecule has 1 fully saturated rings. The lowest BCUT2D eigenvalue weighted by Crippen LogP contribution is -2.54. The number of amides is 2. The molecule has 2 aliphatic rings. The molecule has 0 radical (unpaired) electrons. The third-order valence-electron chi connectivity index (χ3n) is 5.79. The van der Waals surface area contributed by atoms with E-state index in [4.69, 9.17) is 0 Å². The quantitative estimate of drug-likeness (QED) is 0.814. The predicted molar refractivity (Wildman–Crippen MR) is 94.2 cm³/mol. The normalized spacial score (nSPS) is 19.5. The number of imide groups is 1. The molecule has 1 heterocycles. The van der Waals surface area contributed by atoms with Crippen LogP contribution in [0.1, 0.15) is 46.4 Å². The van der Waals surface area contributed by atoms with Gasteiger partial charge in [-0.15, -0.1) is 0 Å². The van der Waals surface area contributed by atoms with E-state index in [2.05, 4.69) is 19.0 Å². The number of carbonyl (C=O) groups excluding carboxylic acids is 2. The van der Waals surface area contributed by atoms with Crippen LogP contribution in [-0.4, -0.2) is 47.8 Å². The van der Waals surface area contributed by atoms with Crippen molar-refractivity contribution in [1.29, 1.82) is 0 Å². The van der Waals surface area contributed by atoms with Gasteiger partial charge in [-0.3, -0.25) is 14.5 Å². The summed E-state index contributed by atoms with van der Waals surface area (Å²) < 4.78 is 0. The second kappa shape index (κ2) is 5.42. The molecule has 1 aliphatic heterocycles. The van der Waals surface area contributed by atoms with E-state index in [9.17, 15) is 9.59 Å². The van der Waals surface area contributed by atoms with Gasteiger partial charge in [-0.05, 0) is 44.5 Å². The summed E-state index contributed by atoms with van der Waals surface area (Å²) >= 11 is 0. The minimum absolute atomic E-state index is 0.0918. The van der Waals surface area contributed by atoms with Gasteiger partial charge >= 0.3 is 0 Å². The van der Waals surface area contributed by atoms with Crippen molar-refractivity contribution in [2.24, 2.45) is 0 Å². The largest absolute Gasteiger partial charge is 0.302 e. The lowest BCUT2D eigenvalue weighted by Gasteiger charge is -2.41. The smallest absolute Gasteiger partial charge is 0.261 e. The van der Waals surface area contributed by atoms with Gasteiger partial charge in [-0.25, -0.2) is 0 Å². The van der Waals surface area contributed by atoms with E-state index in [1.807, 2.05) is 36.4 Å². The van der Waals surface area contributed by atoms with Crippen LogP contribution in [0.5, 0.6) is 0 Å². The van der Waals surface area contributed by atoms with Gasteiger partial charge in [-0.2, -0.15) is 0 Å². The molecule has 1 aliphatic carbocycles. The highest BCUT2D eigenvalue weighted by Gasteiger charge is 2.42. The second-order valence-corrected chi connectivity index (χ2v) is 7.23. The van der Waals surface area contributed by atoms with Gasteiger partial charge in [0.15, 0.2) is 0 Å². The standard InChI is InChI=1S/C20H22N2O2/c1-21(2)20(11-3-4-12-20)13-22-18(23)15-9-5-7-14-8-6-10-16(17(14)15)19(22)24/h5-10H,3-4,11-13H2,1-2H3. The van der Waals surface area contributed by atoms with Crippen LogP contribution in [0.15, 0.2) is 36.4 Å². The van der Waals surface area contributed by atoms with Crippen molar-refractivity contribution < 1.29 is 9.59 Å². The predicted octanol–water partition coefficient (Wildman–Crippen LogP) is 3.31. The zero-order chi connectivity index (χ0) is 16.9. The Morgan fingerprint density at radius 3 is 2.00 bits per heavy atom. The summed E-state index contributed by atoms with van der Waals surface area (Å²) in [5.41, 5.74) is 1.20. The fourth-order valence-electron chi connectivity index (χ4n) is 4.30. The summed E-state index contributed by atoms with van der Waals surface area (Å²) in [5.74, 6) is -0.310. The van der Waals surface area contributed by atoms with Crippen LogP contribution in [0.2, 0.25) is 0 Å². The molecule has 0 spiro atoms. The Balaban J connectivity index is 1.80. The minimum atomic E-state index is -0.155. The van der Waals surface area contributed by atoms with Crippen molar-refractivity contribution in [3.05, 3.63) is 47.5 Å². The van der Waals surface area contributed by atoms with Crippen molar-refractivity contribution in [3.8, 4) is 0 Å². The lowest BCUT2D eigenvalue weighted by atomic mass is 9.90. The molecule has 1 saturated carbocycles. The first-order chi connectivity index (χ1) is 11.5. The van der Waals surface area contributed by atoms with Gasteiger partial charge in [0.1, 0.15) is 0 Å². The van der Waals surface area contributed by atoms with E-state index < -0.39 is 0 Å². The number of likely N-dealkylation sites (N-methyl/N-ethyl adjacent to an activating group) is 1. The SMILES string of the molecule is CN(C)C1(CN2C(=O)c3cccc4cccc(c34)C2=O)CCCC1. The van der Waals surface area contributed by atoms with E-state index in [0.717, 1.165) is 36.5 Å². The van der Waals surface area contributed by atoms with Gasteiger partial charge in [0.2, 0.25) is 0 Å². The minimum Gasteiger partial charge on any atom is -0.302 e. The molecular formula is C20H22N2O2. The molecule has 0 N–H and O–H groups in total. The van der Waals surface area contributed by atoms with Gasteiger partial charge in [-0.1, -0.05) is 37.1 Å². The summed E-state index contributed by atoms with van der Waals surface area (Å²) in [6.07, 6.45) is 4.37. The van der Waals surface area contributed by atoms with Crippen LogP contribution in [-0.2, 0) is 0 Å². The molecule has 2 aromatic rings. The molecule has 0 aromatic heterocycles. The molecule has 0 atom stereocenters. The Morgan fingerprint density at radius 2 is 1.50 bits per heavy atom. The highest BCUT2D eigenvalue weighted by atomic mass is 16.2. The monoisotopic (exact) mass is 322 g/mol. The summed E-state index contributed by atoms with van der Waals surface area (Å²) in [5, 5.41) is 1.76. The molecule has 0 saturated heterocycles. The first-order valence-corrected chi connectivity index (χ1v) is 8.59. The first-order valence-electron chi connectivity index (χ1n) is 8.59. The van der Waals surface area contributed by atoms with Gasteiger partial charge in [0.25, 0.3) is 11.8 Å². The van der Waals surface area contributed by atoms with E-state index in [1.54, 1.807) is 0 Å². The molecule has 4 nitrogen and oxygen atoms in total. The molecule has 4 rings (SSSR count). The fourth-order valence-corrected chi connectivity index (χ4v) is 4.30. The highest BCUT2D eigenvalue weighted by Crippen LogP contribution is 2.37. The molecular weight excluding hydrogens is 300 g/mol. The first kappa shape index (κ1) is 15.3. The third-order valence-corrected chi connectivity index (χ3v) is 5.79. The summed E-state index contributed by atoms with van der Waals surface area (Å²) in [6.45, 7) is 0.475. The average molecular weight is 322 g/mol. The van der Waals surface area contributed by atoms with E-state index in [1.165, 1.54) is 4.90 Å². The Morgan fingerprint density at radius 1 is 0.958 bits per heavy atom. The second-order valence-electron chi connectivity index (χ2n) is 7.23. The van der Waals surface area contributed by atoms with E-state index in [-0.39, 0.29) is 17.4 Å². The maximum absolute atomic E-state index is 13.1. The number of nitrogens with zero attached hydrogens (tertiary/aromatic N) is 2. The fraction of sp³-hybridized carbons (Fsp3) is 0.400. The number of hydrogen-bond acceptors (Lipinski definition) is 3. The molecule has 0 bridgehead atoms. The average Bonchev–Trinajstić information content (AvgIpc) is 3.06. The van der Waals surface area contributed by atoms with Crippen LogP contribution in [0.25, 0.3) is 10.8 Å². The zero-order valence-electron chi connectivity index (χ0n) is 14.2. The van der Waals surface area contributed by atoms with Crippen molar-refractivity contribution in [1.82, 2.24) is 9.80 Å². The van der Waals surface area contributed by atoms with Crippen LogP contribution in [0.4, 0.5) is 0 Å². The molecule has 2 amide bonds. The summed E-state index contributed by atoms with van der Waals surface area (Å²) in [7, 11) is 4.11. The topological polar surface area (TPSA) is 40.6 Å². The maximum atomic E-state index is 13.1. The number of hydrogen-bond donors (Lipinski definition) is 0. The summed E-state index contributed by atoms with van der Waals surface area (Å²) in [6, 6.07) is 11.4. The van der Waals surface area contributed by atoms with Gasteiger partial charge in [0.05, 0.1) is 0 Å². The number of carbonyl (C=O) groups is 2. The molecule has 2 aromatic carbocycles. The zero-order valence-corrected chi connectivity index (χ0v) is 14.2. The van der Waals surface area contributed by atoms with Gasteiger partial charge in [0, 0.05) is 28.6 Å². The molecule has 124 valence electrons. The van der Waals surface area contributed by atoms with Crippen LogP contribution in [0.3, 0.4) is 0 Å². The Kier molecular flexibility index (Phi) is 3.46. The van der Waals surface area contributed by atoms with Gasteiger partial charge < -0.3 is 4.90 Å². The molecule has 0 unspecified atom stereocenters. The van der Waals surface area contributed by atoms with Crippen LogP contribution < -0.4 is 0 Å². The van der Waals surface area contributed by atoms with Crippen molar-refractivity contribution in [2.45, 2.75) is 31.2 Å². The Bertz CT molecular complexity index is 784. The Hall–Kier alpha value is -2.20. The van der Waals surface area contributed by atoms with Crippen LogP contribution >= 0.6 is 0 Å². The maximum Gasteiger partial charge on any atom is 0.261 e. The summed E-state index contributed by atoms with van der Waals surface area (Å²) in [4.78, 5) is 29.8. The number of benzene rings is 2. The molecule has 4 heteroatoms.